The highest BCUT2D eigenvalue weighted by atomic mass is 32.2. The van der Waals surface area contributed by atoms with Gasteiger partial charge < -0.3 is 5.11 Å². The van der Waals surface area contributed by atoms with Crippen molar-refractivity contribution in [2.45, 2.75) is 30.9 Å². The van der Waals surface area contributed by atoms with E-state index in [-0.39, 0.29) is 0 Å². The molecule has 0 heterocycles. The highest BCUT2D eigenvalue weighted by Gasteiger charge is 2.13. The molecule has 0 spiro atoms. The highest BCUT2D eigenvalue weighted by molar-refractivity contribution is 7.99. The minimum Gasteiger partial charge on any atom is -0.386 e. The summed E-state index contributed by atoms with van der Waals surface area (Å²) in [5.41, 5.74) is 0. The van der Waals surface area contributed by atoms with Crippen molar-refractivity contribution in [3.63, 3.8) is 0 Å². The van der Waals surface area contributed by atoms with E-state index in [4.69, 9.17) is 5.11 Å². The summed E-state index contributed by atoms with van der Waals surface area (Å²) in [5.74, 6) is 0.310. The maximum atomic E-state index is 8.49. The number of aliphatic hydroxyl groups excluding tert-OH is 1. The fourth-order valence-corrected chi connectivity index (χ4v) is 2.04. The molecular weight excluding hydrogens is 120 g/mol. The summed E-state index contributed by atoms with van der Waals surface area (Å²) >= 11 is 1.69. The van der Waals surface area contributed by atoms with Crippen LogP contribution in [0.25, 0.3) is 0 Å². The third kappa shape index (κ3) is 1.67. The molecule has 1 N–H and O–H groups in total. The van der Waals surface area contributed by atoms with Crippen LogP contribution in [0.5, 0.6) is 0 Å². The molecule has 0 radical (unpaired) electrons. The third-order valence-corrected chi connectivity index (χ3v) is 2.70. The minimum atomic E-state index is 0.310. The lowest BCUT2D eigenvalue weighted by Gasteiger charge is -2.02. The van der Waals surface area contributed by atoms with Crippen molar-refractivity contribution in [1.29, 1.82) is 0 Å². The molecule has 0 bridgehead atoms. The first-order chi connectivity index (χ1) is 3.93. The molecule has 1 fully saturated rings. The summed E-state index contributed by atoms with van der Waals surface area (Å²) in [7, 11) is 0. The van der Waals surface area contributed by atoms with Crippen molar-refractivity contribution in [3.05, 3.63) is 0 Å². The molecule has 0 aromatic heterocycles. The van der Waals surface area contributed by atoms with Gasteiger partial charge in [0.1, 0.15) is 0 Å². The van der Waals surface area contributed by atoms with Gasteiger partial charge in [0, 0.05) is 5.25 Å². The van der Waals surface area contributed by atoms with Crippen molar-refractivity contribution >= 4 is 11.8 Å². The number of rotatable bonds is 2. The summed E-state index contributed by atoms with van der Waals surface area (Å²) in [6.45, 7) is 0. The summed E-state index contributed by atoms with van der Waals surface area (Å²) < 4.78 is 0. The average Bonchev–Trinajstić information content (AvgIpc) is 2.19. The topological polar surface area (TPSA) is 20.2 Å². The summed E-state index contributed by atoms with van der Waals surface area (Å²) in [6, 6.07) is 0. The Kier molecular flexibility index (Phi) is 2.70. The molecule has 1 nitrogen and oxygen atoms in total. The lowest BCUT2D eigenvalue weighted by Crippen LogP contribution is -1.93. The van der Waals surface area contributed by atoms with E-state index in [0.29, 0.717) is 5.94 Å². The average molecular weight is 132 g/mol. The second-order valence-electron chi connectivity index (χ2n) is 2.20. The van der Waals surface area contributed by atoms with Gasteiger partial charge in [-0.05, 0) is 12.8 Å². The summed E-state index contributed by atoms with van der Waals surface area (Å²) in [5, 5.41) is 9.27. The molecule has 0 unspecified atom stereocenters. The fourth-order valence-electron chi connectivity index (χ4n) is 1.16. The van der Waals surface area contributed by atoms with Crippen LogP contribution in [-0.4, -0.2) is 16.3 Å². The second kappa shape index (κ2) is 3.36. The molecule has 0 atom stereocenters. The van der Waals surface area contributed by atoms with E-state index in [2.05, 4.69) is 0 Å². The van der Waals surface area contributed by atoms with Crippen LogP contribution in [0.3, 0.4) is 0 Å². The molecule has 0 amide bonds. The Morgan fingerprint density at radius 2 is 2.00 bits per heavy atom. The van der Waals surface area contributed by atoms with Gasteiger partial charge in [0.15, 0.2) is 0 Å². The van der Waals surface area contributed by atoms with Gasteiger partial charge in [0.25, 0.3) is 0 Å². The van der Waals surface area contributed by atoms with E-state index in [1.165, 1.54) is 25.7 Å². The second-order valence-corrected chi connectivity index (χ2v) is 3.46. The van der Waals surface area contributed by atoms with Crippen molar-refractivity contribution < 1.29 is 5.11 Å². The molecule has 8 heavy (non-hydrogen) atoms. The highest BCUT2D eigenvalue weighted by Crippen LogP contribution is 2.28. The first-order valence-electron chi connectivity index (χ1n) is 3.16. The summed E-state index contributed by atoms with van der Waals surface area (Å²) in [4.78, 5) is 0. The van der Waals surface area contributed by atoms with Crippen LogP contribution in [0.2, 0.25) is 0 Å². The van der Waals surface area contributed by atoms with Gasteiger partial charge in [-0.1, -0.05) is 12.8 Å². The Morgan fingerprint density at radius 3 is 2.50 bits per heavy atom. The molecule has 0 aromatic rings. The van der Waals surface area contributed by atoms with Crippen LogP contribution in [0.15, 0.2) is 0 Å². The van der Waals surface area contributed by atoms with Crippen LogP contribution < -0.4 is 0 Å². The molecule has 0 aliphatic heterocycles. The molecule has 2 heteroatoms. The van der Waals surface area contributed by atoms with E-state index < -0.39 is 0 Å². The smallest absolute Gasteiger partial charge is 0.0888 e. The van der Waals surface area contributed by atoms with Crippen molar-refractivity contribution in [3.8, 4) is 0 Å². The van der Waals surface area contributed by atoms with E-state index in [1.54, 1.807) is 11.8 Å². The van der Waals surface area contributed by atoms with Gasteiger partial charge in [-0.25, -0.2) is 0 Å². The van der Waals surface area contributed by atoms with E-state index in [1.807, 2.05) is 0 Å². The Balaban J connectivity index is 2.06. The van der Waals surface area contributed by atoms with Crippen molar-refractivity contribution in [1.82, 2.24) is 0 Å². The molecule has 1 aliphatic carbocycles. The van der Waals surface area contributed by atoms with Crippen LogP contribution in [0.1, 0.15) is 25.7 Å². The number of hydrogen-bond donors (Lipinski definition) is 1. The Bertz CT molecular complexity index is 59.5. The largest absolute Gasteiger partial charge is 0.386 e. The van der Waals surface area contributed by atoms with E-state index in [0.717, 1.165) is 5.25 Å². The predicted molar refractivity (Wildman–Crippen MR) is 36.9 cm³/mol. The van der Waals surface area contributed by atoms with Crippen molar-refractivity contribution in [2.75, 3.05) is 5.94 Å². The Morgan fingerprint density at radius 1 is 1.38 bits per heavy atom. The molecule has 48 valence electrons. The van der Waals surface area contributed by atoms with Gasteiger partial charge in [0.2, 0.25) is 0 Å². The van der Waals surface area contributed by atoms with Gasteiger partial charge in [0.05, 0.1) is 5.94 Å². The van der Waals surface area contributed by atoms with Crippen LogP contribution in [-0.2, 0) is 0 Å². The maximum Gasteiger partial charge on any atom is 0.0888 e. The number of hydrogen-bond acceptors (Lipinski definition) is 2. The van der Waals surface area contributed by atoms with Crippen LogP contribution >= 0.6 is 11.8 Å². The van der Waals surface area contributed by atoms with Crippen molar-refractivity contribution in [2.24, 2.45) is 0 Å². The predicted octanol–water partition coefficient (Wildman–Crippen LogP) is 1.61. The minimum absolute atomic E-state index is 0.310. The maximum absolute atomic E-state index is 8.49. The third-order valence-electron chi connectivity index (χ3n) is 1.61. The first-order valence-corrected chi connectivity index (χ1v) is 4.21. The van der Waals surface area contributed by atoms with Crippen LogP contribution in [0.4, 0.5) is 0 Å². The van der Waals surface area contributed by atoms with Gasteiger partial charge in [-0.2, -0.15) is 0 Å². The molecule has 1 rings (SSSR count). The number of thioether (sulfide) groups is 1. The van der Waals surface area contributed by atoms with E-state index >= 15 is 0 Å². The van der Waals surface area contributed by atoms with Crippen LogP contribution in [0, 0.1) is 0 Å². The summed E-state index contributed by atoms with van der Waals surface area (Å²) in [6.07, 6.45) is 5.39. The van der Waals surface area contributed by atoms with Gasteiger partial charge in [-0.15, -0.1) is 11.8 Å². The standard InChI is InChI=1S/C6H12OS/c7-5-8-6-3-1-2-4-6/h6-7H,1-5H2. The molecule has 1 aliphatic rings. The zero-order chi connectivity index (χ0) is 5.82. The quantitative estimate of drug-likeness (QED) is 0.576. The van der Waals surface area contributed by atoms with E-state index in [9.17, 15) is 0 Å². The lowest BCUT2D eigenvalue weighted by molar-refractivity contribution is 0.374. The fraction of sp³-hybridized carbons (Fsp3) is 1.00. The van der Waals surface area contributed by atoms with Gasteiger partial charge >= 0.3 is 0 Å². The first kappa shape index (κ1) is 6.43. The Hall–Kier alpha value is 0.310. The molecule has 0 saturated heterocycles. The number of aliphatic hydroxyl groups is 1. The monoisotopic (exact) mass is 132 g/mol. The SMILES string of the molecule is OCSC1CCCC1. The molecule has 0 aromatic carbocycles. The molecular formula is C6H12OS. The zero-order valence-electron chi connectivity index (χ0n) is 4.97. The zero-order valence-corrected chi connectivity index (χ0v) is 5.78. The van der Waals surface area contributed by atoms with Gasteiger partial charge in [-0.3, -0.25) is 0 Å². The Labute approximate surface area is 54.5 Å². The molecule has 1 saturated carbocycles. The normalized spacial score (nSPS) is 22.1. The lowest BCUT2D eigenvalue weighted by atomic mass is 10.4.